The Morgan fingerprint density at radius 1 is 1.32 bits per heavy atom. The van der Waals surface area contributed by atoms with E-state index in [0.717, 1.165) is 56.9 Å². The Kier molecular flexibility index (Phi) is 10.7. The van der Waals surface area contributed by atoms with E-state index in [1.165, 1.54) is 5.56 Å². The van der Waals surface area contributed by atoms with Crippen LogP contribution in [0.5, 0.6) is 0 Å². The van der Waals surface area contributed by atoms with E-state index in [0.29, 0.717) is 6.04 Å². The molecule has 0 aliphatic carbocycles. The highest BCUT2D eigenvalue weighted by Crippen LogP contribution is 2.11. The van der Waals surface area contributed by atoms with Crippen molar-refractivity contribution in [2.45, 2.75) is 26.4 Å². The molecule has 1 saturated heterocycles. The Morgan fingerprint density at radius 3 is 2.56 bits per heavy atom. The van der Waals surface area contributed by atoms with Crippen molar-refractivity contribution in [3.63, 3.8) is 0 Å². The van der Waals surface area contributed by atoms with Crippen molar-refractivity contribution >= 4 is 41.5 Å². The van der Waals surface area contributed by atoms with Gasteiger partial charge in [0.25, 0.3) is 0 Å². The van der Waals surface area contributed by atoms with Gasteiger partial charge in [0, 0.05) is 44.3 Å². The Hall–Kier alpha value is -0.570. The van der Waals surface area contributed by atoms with E-state index in [1.807, 2.05) is 12.1 Å². The number of aliphatic imine (C=N–C) groups is 1. The highest BCUT2D eigenvalue weighted by atomic mass is 127. The normalized spacial score (nSPS) is 16.9. The molecule has 25 heavy (non-hydrogen) atoms. The van der Waals surface area contributed by atoms with Crippen LogP contribution in [-0.2, 0) is 11.3 Å². The fraction of sp³-hybridized carbons (Fsp3) is 0.611. The average Bonchev–Trinajstić information content (AvgIpc) is 2.61. The molecule has 1 unspecified atom stereocenters. The molecule has 1 aromatic carbocycles. The van der Waals surface area contributed by atoms with E-state index < -0.39 is 0 Å². The first-order valence-electron chi connectivity index (χ1n) is 8.66. The predicted octanol–water partition coefficient (Wildman–Crippen LogP) is 3.08. The lowest BCUT2D eigenvalue weighted by Gasteiger charge is -2.32. The number of rotatable bonds is 6. The largest absolute Gasteiger partial charge is 0.379 e. The number of hydrogen-bond donors (Lipinski definition) is 1. The van der Waals surface area contributed by atoms with Crippen molar-refractivity contribution in [3.8, 4) is 0 Å². The van der Waals surface area contributed by atoms with E-state index in [9.17, 15) is 0 Å². The van der Waals surface area contributed by atoms with Gasteiger partial charge in [0.2, 0.25) is 0 Å². The third-order valence-corrected chi connectivity index (χ3v) is 4.46. The molecule has 1 aliphatic heterocycles. The zero-order valence-electron chi connectivity index (χ0n) is 15.4. The summed E-state index contributed by atoms with van der Waals surface area (Å²) in [5.41, 5.74) is 1.22. The maximum absolute atomic E-state index is 5.96. The van der Waals surface area contributed by atoms with Gasteiger partial charge in [-0.3, -0.25) is 9.89 Å². The number of benzene rings is 1. The molecule has 0 aromatic heterocycles. The van der Waals surface area contributed by atoms with E-state index in [-0.39, 0.29) is 24.0 Å². The quantitative estimate of drug-likeness (QED) is 0.386. The molecule has 5 nitrogen and oxygen atoms in total. The summed E-state index contributed by atoms with van der Waals surface area (Å²) < 4.78 is 5.42. The summed E-state index contributed by atoms with van der Waals surface area (Å²) in [5.74, 6) is 0.938. The lowest BCUT2D eigenvalue weighted by Crippen LogP contribution is -2.44. The van der Waals surface area contributed by atoms with E-state index in [4.69, 9.17) is 21.3 Å². The molecule has 0 spiro atoms. The Morgan fingerprint density at radius 2 is 1.96 bits per heavy atom. The third kappa shape index (κ3) is 7.68. The Balaban J connectivity index is 0.00000312. The third-order valence-electron chi connectivity index (χ3n) is 4.20. The highest BCUT2D eigenvalue weighted by molar-refractivity contribution is 14.0. The number of morpholine rings is 1. The Labute approximate surface area is 173 Å². The number of guanidine groups is 1. The van der Waals surface area contributed by atoms with Crippen LogP contribution < -0.4 is 5.32 Å². The molecule has 1 fully saturated rings. The standard InChI is InChI=1S/C18H29ClN4O.HI/c1-4-20-18(21-13-15(2)23-9-11-24-12-10-23)22(3)14-16-5-7-17(19)8-6-16;/h5-8,15H,4,9-14H2,1-3H3,(H,20,21);1H. The fourth-order valence-corrected chi connectivity index (χ4v) is 2.89. The maximum Gasteiger partial charge on any atom is 0.194 e. The molecule has 1 aliphatic rings. The zero-order valence-corrected chi connectivity index (χ0v) is 18.5. The van der Waals surface area contributed by atoms with Crippen LogP contribution in [-0.4, -0.2) is 68.2 Å². The monoisotopic (exact) mass is 480 g/mol. The lowest BCUT2D eigenvalue weighted by atomic mass is 10.2. The summed E-state index contributed by atoms with van der Waals surface area (Å²) in [5, 5.41) is 4.14. The molecule has 1 atom stereocenters. The maximum atomic E-state index is 5.96. The number of hydrogen-bond acceptors (Lipinski definition) is 3. The van der Waals surface area contributed by atoms with Crippen LogP contribution in [0.15, 0.2) is 29.3 Å². The summed E-state index contributed by atoms with van der Waals surface area (Å²) in [6.07, 6.45) is 0. The molecule has 0 saturated carbocycles. The predicted molar refractivity (Wildman–Crippen MR) is 116 cm³/mol. The molecule has 142 valence electrons. The second-order valence-electron chi connectivity index (χ2n) is 6.17. The van der Waals surface area contributed by atoms with E-state index in [2.05, 4.69) is 48.1 Å². The van der Waals surface area contributed by atoms with Crippen molar-refractivity contribution in [1.29, 1.82) is 0 Å². The first-order valence-corrected chi connectivity index (χ1v) is 9.03. The Bertz CT molecular complexity index is 520. The molecular weight excluding hydrogens is 451 g/mol. The molecule has 1 aromatic rings. The number of ether oxygens (including phenoxy) is 1. The number of halogens is 2. The molecular formula is C18H30ClIN4O. The number of nitrogens with one attached hydrogen (secondary N) is 1. The van der Waals surface area contributed by atoms with Gasteiger partial charge in [-0.25, -0.2) is 0 Å². The molecule has 0 amide bonds. The zero-order chi connectivity index (χ0) is 17.4. The fourth-order valence-electron chi connectivity index (χ4n) is 2.76. The van der Waals surface area contributed by atoms with Gasteiger partial charge in [0.15, 0.2) is 5.96 Å². The van der Waals surface area contributed by atoms with Gasteiger partial charge in [0.05, 0.1) is 19.8 Å². The van der Waals surface area contributed by atoms with Crippen molar-refractivity contribution in [1.82, 2.24) is 15.1 Å². The second-order valence-corrected chi connectivity index (χ2v) is 6.61. The van der Waals surface area contributed by atoms with Crippen LogP contribution in [0.25, 0.3) is 0 Å². The molecule has 0 radical (unpaired) electrons. The van der Waals surface area contributed by atoms with Gasteiger partial charge >= 0.3 is 0 Å². The summed E-state index contributed by atoms with van der Waals surface area (Å²) in [6.45, 7) is 10.4. The van der Waals surface area contributed by atoms with E-state index in [1.54, 1.807) is 0 Å². The molecule has 0 bridgehead atoms. The van der Waals surface area contributed by atoms with Gasteiger partial charge in [-0.2, -0.15) is 0 Å². The summed E-state index contributed by atoms with van der Waals surface area (Å²) in [4.78, 5) is 9.42. The van der Waals surface area contributed by atoms with Crippen LogP contribution in [0.2, 0.25) is 5.02 Å². The van der Waals surface area contributed by atoms with Crippen LogP contribution in [0.3, 0.4) is 0 Å². The SMILES string of the molecule is CCNC(=NCC(C)N1CCOCC1)N(C)Cc1ccc(Cl)cc1.I. The van der Waals surface area contributed by atoms with Crippen LogP contribution >= 0.6 is 35.6 Å². The average molecular weight is 481 g/mol. The first-order chi connectivity index (χ1) is 11.6. The van der Waals surface area contributed by atoms with E-state index >= 15 is 0 Å². The summed E-state index contributed by atoms with van der Waals surface area (Å²) >= 11 is 5.96. The smallest absolute Gasteiger partial charge is 0.194 e. The van der Waals surface area contributed by atoms with Gasteiger partial charge in [-0.1, -0.05) is 23.7 Å². The van der Waals surface area contributed by atoms with Gasteiger partial charge in [0.1, 0.15) is 0 Å². The van der Waals surface area contributed by atoms with Crippen LogP contribution in [0.1, 0.15) is 19.4 Å². The van der Waals surface area contributed by atoms with Crippen molar-refractivity contribution < 1.29 is 4.74 Å². The number of nitrogens with zero attached hydrogens (tertiary/aromatic N) is 3. The second kappa shape index (κ2) is 11.9. The van der Waals surface area contributed by atoms with Gasteiger partial charge in [-0.05, 0) is 31.5 Å². The topological polar surface area (TPSA) is 40.1 Å². The highest BCUT2D eigenvalue weighted by Gasteiger charge is 2.17. The molecule has 2 rings (SSSR count). The molecule has 1 N–H and O–H groups in total. The van der Waals surface area contributed by atoms with Crippen LogP contribution in [0.4, 0.5) is 0 Å². The summed E-state index contributed by atoms with van der Waals surface area (Å²) in [7, 11) is 2.06. The van der Waals surface area contributed by atoms with Gasteiger partial charge in [-0.15, -0.1) is 24.0 Å². The molecule has 7 heteroatoms. The van der Waals surface area contributed by atoms with Crippen molar-refractivity contribution in [3.05, 3.63) is 34.9 Å². The minimum atomic E-state index is 0. The minimum absolute atomic E-state index is 0. The van der Waals surface area contributed by atoms with Crippen molar-refractivity contribution in [2.75, 3.05) is 46.4 Å². The lowest BCUT2D eigenvalue weighted by molar-refractivity contribution is 0.0220. The van der Waals surface area contributed by atoms with Crippen LogP contribution in [0, 0.1) is 0 Å². The van der Waals surface area contributed by atoms with Gasteiger partial charge < -0.3 is 15.0 Å². The molecule has 1 heterocycles. The summed E-state index contributed by atoms with van der Waals surface area (Å²) in [6, 6.07) is 8.38. The minimum Gasteiger partial charge on any atom is -0.379 e. The van der Waals surface area contributed by atoms with Crippen molar-refractivity contribution in [2.24, 2.45) is 4.99 Å². The first kappa shape index (κ1) is 22.5.